The van der Waals surface area contributed by atoms with E-state index in [1.807, 2.05) is 35.2 Å². The summed E-state index contributed by atoms with van der Waals surface area (Å²) in [5.74, 6) is 0.0867. The third-order valence-electron chi connectivity index (χ3n) is 6.16. The fourth-order valence-corrected chi connectivity index (χ4v) is 5.44. The largest absolute Gasteiger partial charge is 0.444 e. The highest BCUT2D eigenvalue weighted by Crippen LogP contribution is 2.32. The number of thiazole rings is 1. The van der Waals surface area contributed by atoms with Crippen molar-refractivity contribution >= 4 is 38.8 Å². The lowest BCUT2D eigenvalue weighted by atomic mass is 10.2. The molecule has 1 fully saturated rings. The van der Waals surface area contributed by atoms with Gasteiger partial charge in [0.25, 0.3) is 5.56 Å². The van der Waals surface area contributed by atoms with E-state index in [2.05, 4.69) is 20.6 Å². The Morgan fingerprint density at radius 3 is 2.63 bits per heavy atom. The number of anilines is 1. The lowest BCUT2D eigenvalue weighted by Gasteiger charge is -2.23. The zero-order valence-corrected chi connectivity index (χ0v) is 22.9. The smallest absolute Gasteiger partial charge is 0.407 e. The Kier molecular flexibility index (Phi) is 8.32. The molecular formula is C26H34N6O5S. The summed E-state index contributed by atoms with van der Waals surface area (Å²) in [5, 5.41) is 16.2. The van der Waals surface area contributed by atoms with Crippen LogP contribution in [0.25, 0.3) is 10.3 Å². The fraction of sp³-hybridized carbons (Fsp3) is 0.500. The van der Waals surface area contributed by atoms with Gasteiger partial charge in [-0.25, -0.2) is 14.8 Å². The van der Waals surface area contributed by atoms with Crippen LogP contribution >= 0.6 is 11.3 Å². The van der Waals surface area contributed by atoms with E-state index in [9.17, 15) is 19.5 Å². The van der Waals surface area contributed by atoms with Crippen molar-refractivity contribution in [1.82, 2.24) is 25.2 Å². The Hall–Kier alpha value is -3.51. The van der Waals surface area contributed by atoms with Gasteiger partial charge in [0, 0.05) is 19.6 Å². The SMILES string of the molecule is C[C@@H](CNC(=O)OC(C)(C)C)n1c(CO)nc2sc(N3CCC[C@@H]3C(=O)NCc3ccccc3)nc2c1=O. The van der Waals surface area contributed by atoms with Crippen LogP contribution < -0.4 is 21.1 Å². The normalized spacial score (nSPS) is 16.4. The third kappa shape index (κ3) is 6.30. The molecule has 11 nitrogen and oxygen atoms in total. The van der Waals surface area contributed by atoms with Crippen molar-refractivity contribution in [3.05, 3.63) is 52.1 Å². The van der Waals surface area contributed by atoms with Gasteiger partial charge in [0.1, 0.15) is 24.1 Å². The predicted octanol–water partition coefficient (Wildman–Crippen LogP) is 2.72. The minimum absolute atomic E-state index is 0.0890. The molecule has 38 heavy (non-hydrogen) atoms. The molecule has 3 N–H and O–H groups in total. The number of nitrogens with one attached hydrogen (secondary N) is 2. The van der Waals surface area contributed by atoms with Crippen LogP contribution in [0.1, 0.15) is 58.0 Å². The number of fused-ring (bicyclic) bond motifs is 1. The number of amides is 2. The maximum atomic E-state index is 13.4. The van der Waals surface area contributed by atoms with Gasteiger partial charge in [-0.2, -0.15) is 0 Å². The second kappa shape index (κ2) is 11.5. The molecule has 204 valence electrons. The van der Waals surface area contributed by atoms with Crippen LogP contribution in [0.2, 0.25) is 0 Å². The summed E-state index contributed by atoms with van der Waals surface area (Å²) in [6.45, 7) is 7.75. The van der Waals surface area contributed by atoms with E-state index in [4.69, 9.17) is 4.74 Å². The molecule has 12 heteroatoms. The van der Waals surface area contributed by atoms with Gasteiger partial charge >= 0.3 is 6.09 Å². The molecular weight excluding hydrogens is 508 g/mol. The molecule has 0 unspecified atom stereocenters. The fourth-order valence-electron chi connectivity index (χ4n) is 4.42. The molecule has 2 amide bonds. The van der Waals surface area contributed by atoms with Crippen molar-refractivity contribution in [1.29, 1.82) is 0 Å². The van der Waals surface area contributed by atoms with Gasteiger partial charge in [0.15, 0.2) is 15.5 Å². The lowest BCUT2D eigenvalue weighted by Crippen LogP contribution is -2.43. The van der Waals surface area contributed by atoms with Crippen molar-refractivity contribution in [2.24, 2.45) is 0 Å². The summed E-state index contributed by atoms with van der Waals surface area (Å²) in [6.07, 6.45) is 0.911. The van der Waals surface area contributed by atoms with Crippen LogP contribution in [0.3, 0.4) is 0 Å². The molecule has 1 aromatic carbocycles. The lowest BCUT2D eigenvalue weighted by molar-refractivity contribution is -0.122. The second-order valence-electron chi connectivity index (χ2n) is 10.3. The molecule has 4 rings (SSSR count). The minimum Gasteiger partial charge on any atom is -0.444 e. The van der Waals surface area contributed by atoms with Crippen molar-refractivity contribution in [2.45, 2.75) is 71.4 Å². The number of hydrogen-bond donors (Lipinski definition) is 3. The number of aromatic nitrogens is 3. The Bertz CT molecular complexity index is 1350. The van der Waals surface area contributed by atoms with E-state index in [0.717, 1.165) is 12.0 Å². The van der Waals surface area contributed by atoms with Crippen LogP contribution in [0.15, 0.2) is 35.1 Å². The van der Waals surface area contributed by atoms with Gasteiger partial charge in [0.05, 0.1) is 6.04 Å². The van der Waals surface area contributed by atoms with Gasteiger partial charge in [0.2, 0.25) is 5.91 Å². The number of aliphatic hydroxyl groups is 1. The second-order valence-corrected chi connectivity index (χ2v) is 11.3. The van der Waals surface area contributed by atoms with E-state index in [1.165, 1.54) is 15.9 Å². The molecule has 0 radical (unpaired) electrons. The van der Waals surface area contributed by atoms with Crippen LogP contribution in [0.4, 0.5) is 9.93 Å². The van der Waals surface area contributed by atoms with Crippen molar-refractivity contribution in [3.63, 3.8) is 0 Å². The molecule has 2 aromatic heterocycles. The zero-order chi connectivity index (χ0) is 27.4. The van der Waals surface area contributed by atoms with Crippen LogP contribution in [0.5, 0.6) is 0 Å². The van der Waals surface area contributed by atoms with Crippen LogP contribution in [-0.2, 0) is 22.7 Å². The van der Waals surface area contributed by atoms with E-state index >= 15 is 0 Å². The molecule has 0 spiro atoms. The number of hydrogen-bond acceptors (Lipinski definition) is 9. The molecule has 3 aromatic rings. The number of carbonyl (C=O) groups excluding carboxylic acids is 2. The number of nitrogens with zero attached hydrogens (tertiary/aromatic N) is 4. The van der Waals surface area contributed by atoms with Crippen LogP contribution in [-0.4, -0.2) is 56.4 Å². The molecule has 0 saturated carbocycles. The van der Waals surface area contributed by atoms with E-state index in [-0.39, 0.29) is 23.8 Å². The van der Waals surface area contributed by atoms with Crippen molar-refractivity contribution in [3.8, 4) is 0 Å². The topological polar surface area (TPSA) is 139 Å². The molecule has 0 aliphatic carbocycles. The maximum Gasteiger partial charge on any atom is 0.407 e. The summed E-state index contributed by atoms with van der Waals surface area (Å²) in [6, 6.07) is 8.80. The van der Waals surface area contributed by atoms with Gasteiger partial charge < -0.3 is 25.4 Å². The van der Waals surface area contributed by atoms with Gasteiger partial charge in [-0.15, -0.1) is 0 Å². The first-order chi connectivity index (χ1) is 18.1. The standard InChI is InChI=1S/C26H34N6O5S/c1-16(13-28-25(36)37-26(2,3)4)32-19(15-33)29-22-20(23(32)35)30-24(38-22)31-12-8-11-18(31)21(34)27-14-17-9-6-5-7-10-17/h5-7,9-10,16,18,33H,8,11-15H2,1-4H3,(H,27,34)(H,28,36)/t16-,18+/m0/s1. The van der Waals surface area contributed by atoms with Crippen molar-refractivity contribution < 1.29 is 19.4 Å². The van der Waals surface area contributed by atoms with E-state index in [0.29, 0.717) is 29.5 Å². The molecule has 3 heterocycles. The predicted molar refractivity (Wildman–Crippen MR) is 145 cm³/mol. The Labute approximate surface area is 224 Å². The van der Waals surface area contributed by atoms with E-state index in [1.54, 1.807) is 27.7 Å². The Balaban J connectivity index is 1.53. The summed E-state index contributed by atoms with van der Waals surface area (Å²) in [4.78, 5) is 49.9. The summed E-state index contributed by atoms with van der Waals surface area (Å²) >= 11 is 1.23. The average Bonchev–Trinajstić information content (AvgIpc) is 3.53. The molecule has 1 aliphatic heterocycles. The Morgan fingerprint density at radius 1 is 1.21 bits per heavy atom. The van der Waals surface area contributed by atoms with E-state index < -0.39 is 35.9 Å². The highest BCUT2D eigenvalue weighted by atomic mass is 32.1. The molecule has 0 bridgehead atoms. The maximum absolute atomic E-state index is 13.4. The first-order valence-electron chi connectivity index (χ1n) is 12.7. The third-order valence-corrected chi connectivity index (χ3v) is 7.15. The minimum atomic E-state index is -0.649. The Morgan fingerprint density at radius 2 is 1.95 bits per heavy atom. The number of carbonyl (C=O) groups is 2. The first-order valence-corrected chi connectivity index (χ1v) is 13.5. The highest BCUT2D eigenvalue weighted by molar-refractivity contribution is 7.21. The monoisotopic (exact) mass is 542 g/mol. The van der Waals surface area contributed by atoms with Gasteiger partial charge in [-0.05, 0) is 46.1 Å². The number of ether oxygens (including phenoxy) is 1. The number of rotatable bonds is 8. The van der Waals surface area contributed by atoms with Gasteiger partial charge in [-0.1, -0.05) is 41.7 Å². The molecule has 1 saturated heterocycles. The van der Waals surface area contributed by atoms with Crippen LogP contribution in [0, 0.1) is 0 Å². The first kappa shape index (κ1) is 27.5. The summed E-state index contributed by atoms with van der Waals surface area (Å²) in [5.41, 5.74) is 0.122. The van der Waals surface area contributed by atoms with Gasteiger partial charge in [-0.3, -0.25) is 14.2 Å². The number of benzene rings is 1. The number of alkyl carbamates (subject to hydrolysis) is 1. The molecule has 1 aliphatic rings. The van der Waals surface area contributed by atoms with Crippen molar-refractivity contribution in [2.75, 3.05) is 18.0 Å². The molecule has 2 atom stereocenters. The summed E-state index contributed by atoms with van der Waals surface area (Å²) < 4.78 is 6.61. The quantitative estimate of drug-likeness (QED) is 0.395. The average molecular weight is 543 g/mol. The number of aliphatic hydroxyl groups excluding tert-OH is 1. The summed E-state index contributed by atoms with van der Waals surface area (Å²) in [7, 11) is 0. The zero-order valence-electron chi connectivity index (χ0n) is 22.1. The highest BCUT2D eigenvalue weighted by Gasteiger charge is 2.33.